The third-order valence-electron chi connectivity index (χ3n) is 4.90. The molecule has 1 saturated carbocycles. The van der Waals surface area contributed by atoms with Crippen molar-refractivity contribution >= 4 is 27.0 Å². The fourth-order valence-electron chi connectivity index (χ4n) is 3.49. The molecule has 0 spiro atoms. The topological polar surface area (TPSA) is 58.2 Å². The molecule has 6 heteroatoms. The molecule has 0 amide bonds. The quantitative estimate of drug-likeness (QED) is 0.848. The minimum absolute atomic E-state index is 0.413. The summed E-state index contributed by atoms with van der Waals surface area (Å²) in [6, 6.07) is 9.81. The third kappa shape index (κ3) is 3.23. The molecule has 0 radical (unpaired) electrons. The van der Waals surface area contributed by atoms with Gasteiger partial charge in [-0.1, -0.05) is 18.2 Å². The summed E-state index contributed by atoms with van der Waals surface area (Å²) in [4.78, 5) is 0. The van der Waals surface area contributed by atoms with Gasteiger partial charge in [0.2, 0.25) is 0 Å². The highest BCUT2D eigenvalue weighted by Gasteiger charge is 2.32. The van der Waals surface area contributed by atoms with E-state index >= 15 is 0 Å². The molecule has 1 aliphatic carbocycles. The van der Waals surface area contributed by atoms with Crippen LogP contribution in [0.5, 0.6) is 0 Å². The average molecular weight is 363 g/mol. The first kappa shape index (κ1) is 16.1. The fourth-order valence-corrected chi connectivity index (χ4v) is 6.11. The van der Waals surface area contributed by atoms with Crippen LogP contribution in [-0.4, -0.2) is 21.5 Å². The maximum Gasteiger partial charge on any atom is 0.271 e. The number of anilines is 1. The van der Waals surface area contributed by atoms with Crippen LogP contribution in [0.3, 0.4) is 0 Å². The number of benzene rings is 1. The summed E-state index contributed by atoms with van der Waals surface area (Å²) >= 11 is 1.33. The van der Waals surface area contributed by atoms with Gasteiger partial charge in [0.15, 0.2) is 0 Å². The van der Waals surface area contributed by atoms with E-state index in [0.29, 0.717) is 16.0 Å². The van der Waals surface area contributed by atoms with Gasteiger partial charge < -0.3 is 5.32 Å². The lowest BCUT2D eigenvalue weighted by molar-refractivity contribution is 0.461. The number of hydrogen-bond acceptors (Lipinski definition) is 4. The van der Waals surface area contributed by atoms with Crippen LogP contribution in [0.1, 0.15) is 48.6 Å². The lowest BCUT2D eigenvalue weighted by Crippen LogP contribution is -2.27. The van der Waals surface area contributed by atoms with E-state index in [-0.39, 0.29) is 0 Å². The minimum atomic E-state index is -3.51. The molecule has 2 N–H and O–H groups in total. The van der Waals surface area contributed by atoms with Crippen LogP contribution in [0.25, 0.3) is 0 Å². The molecule has 1 aromatic carbocycles. The zero-order valence-corrected chi connectivity index (χ0v) is 15.1. The Bertz CT molecular complexity index is 819. The van der Waals surface area contributed by atoms with Crippen molar-refractivity contribution in [3.8, 4) is 0 Å². The lowest BCUT2D eigenvalue weighted by Gasteiger charge is -2.25. The first-order valence-corrected chi connectivity index (χ1v) is 10.9. The van der Waals surface area contributed by atoms with E-state index in [9.17, 15) is 8.42 Å². The molecule has 1 aromatic heterocycles. The molecule has 128 valence electrons. The summed E-state index contributed by atoms with van der Waals surface area (Å²) < 4.78 is 29.2. The second-order valence-electron chi connectivity index (χ2n) is 6.65. The molecule has 4 nitrogen and oxygen atoms in total. The molecule has 1 saturated heterocycles. The Kier molecular flexibility index (Phi) is 4.37. The maximum atomic E-state index is 12.9. The van der Waals surface area contributed by atoms with Crippen molar-refractivity contribution < 1.29 is 8.42 Å². The fraction of sp³-hybridized carbons (Fsp3) is 0.444. The standard InChI is InChI=1S/C18H22N2O2S2/c21-24(22,18-16(9-12-23-18)13-5-6-13)20-17-4-2-1-3-15(17)14-7-10-19-11-8-14/h1-4,9,12-14,19-20H,5-8,10-11H2. The molecule has 1 aliphatic heterocycles. The van der Waals surface area contributed by atoms with E-state index in [1.165, 1.54) is 11.3 Å². The van der Waals surface area contributed by atoms with Crippen LogP contribution >= 0.6 is 11.3 Å². The van der Waals surface area contributed by atoms with Crippen molar-refractivity contribution in [3.63, 3.8) is 0 Å². The normalized spacial score (nSPS) is 19.3. The van der Waals surface area contributed by atoms with Crippen molar-refractivity contribution in [1.82, 2.24) is 5.32 Å². The van der Waals surface area contributed by atoms with Crippen molar-refractivity contribution in [2.75, 3.05) is 17.8 Å². The first-order valence-electron chi connectivity index (χ1n) is 8.55. The van der Waals surface area contributed by atoms with E-state index in [4.69, 9.17) is 0 Å². The number of sulfonamides is 1. The van der Waals surface area contributed by atoms with Crippen LogP contribution in [0.4, 0.5) is 5.69 Å². The third-order valence-corrected chi connectivity index (χ3v) is 7.79. The molecule has 2 aliphatic rings. The van der Waals surface area contributed by atoms with Gasteiger partial charge in [-0.2, -0.15) is 0 Å². The van der Waals surface area contributed by atoms with Crippen LogP contribution < -0.4 is 10.0 Å². The zero-order chi connectivity index (χ0) is 16.6. The van der Waals surface area contributed by atoms with Gasteiger partial charge in [-0.3, -0.25) is 4.72 Å². The molecular formula is C18H22N2O2S2. The van der Waals surface area contributed by atoms with Gasteiger partial charge in [-0.15, -0.1) is 11.3 Å². The van der Waals surface area contributed by atoms with Crippen molar-refractivity contribution in [3.05, 3.63) is 46.8 Å². The summed E-state index contributed by atoms with van der Waals surface area (Å²) in [5.41, 5.74) is 2.85. The predicted octanol–water partition coefficient (Wildman–Crippen LogP) is 3.89. The molecule has 0 atom stereocenters. The summed E-state index contributed by atoms with van der Waals surface area (Å²) in [7, 11) is -3.51. The van der Waals surface area contributed by atoms with Gasteiger partial charge >= 0.3 is 0 Å². The van der Waals surface area contributed by atoms with Crippen molar-refractivity contribution in [2.45, 2.75) is 41.7 Å². The van der Waals surface area contributed by atoms with Crippen molar-refractivity contribution in [1.29, 1.82) is 0 Å². The number of para-hydroxylation sites is 1. The number of hydrogen-bond donors (Lipinski definition) is 2. The van der Waals surface area contributed by atoms with E-state index in [0.717, 1.165) is 55.6 Å². The Hall–Kier alpha value is -1.37. The maximum absolute atomic E-state index is 12.9. The Morgan fingerprint density at radius 1 is 0.958 bits per heavy atom. The van der Waals surface area contributed by atoms with E-state index in [2.05, 4.69) is 16.1 Å². The monoisotopic (exact) mass is 362 g/mol. The molecule has 0 unspecified atom stereocenters. The molecule has 0 bridgehead atoms. The Morgan fingerprint density at radius 2 is 1.67 bits per heavy atom. The Balaban J connectivity index is 1.63. The molecule has 2 aromatic rings. The van der Waals surface area contributed by atoms with E-state index < -0.39 is 10.0 Å². The highest BCUT2D eigenvalue weighted by molar-refractivity contribution is 7.94. The van der Waals surface area contributed by atoms with Crippen LogP contribution in [0.2, 0.25) is 0 Å². The van der Waals surface area contributed by atoms with Crippen molar-refractivity contribution in [2.24, 2.45) is 0 Å². The summed E-state index contributed by atoms with van der Waals surface area (Å²) in [6.07, 6.45) is 4.30. The van der Waals surface area contributed by atoms with Crippen LogP contribution in [0.15, 0.2) is 39.9 Å². The molecule has 2 fully saturated rings. The predicted molar refractivity (Wildman–Crippen MR) is 98.4 cm³/mol. The number of thiophene rings is 1. The highest BCUT2D eigenvalue weighted by atomic mass is 32.2. The molecule has 4 rings (SSSR count). The van der Waals surface area contributed by atoms with E-state index in [1.54, 1.807) is 0 Å². The van der Waals surface area contributed by atoms with Gasteiger partial charge in [0, 0.05) is 0 Å². The number of piperidine rings is 1. The highest BCUT2D eigenvalue weighted by Crippen LogP contribution is 2.45. The van der Waals surface area contributed by atoms with Gasteiger partial charge in [0.1, 0.15) is 4.21 Å². The lowest BCUT2D eigenvalue weighted by atomic mass is 9.89. The molecular weight excluding hydrogens is 340 g/mol. The van der Waals surface area contributed by atoms with Gasteiger partial charge in [0.25, 0.3) is 10.0 Å². The number of rotatable bonds is 5. The molecule has 2 heterocycles. The number of nitrogens with one attached hydrogen (secondary N) is 2. The van der Waals surface area contributed by atoms with Gasteiger partial charge in [-0.05, 0) is 79.2 Å². The Morgan fingerprint density at radius 3 is 2.42 bits per heavy atom. The molecule has 24 heavy (non-hydrogen) atoms. The average Bonchev–Trinajstić information content (AvgIpc) is 3.32. The second-order valence-corrected chi connectivity index (χ2v) is 9.45. The van der Waals surface area contributed by atoms with Crippen LogP contribution in [-0.2, 0) is 10.0 Å². The van der Waals surface area contributed by atoms with Crippen LogP contribution in [0, 0.1) is 0 Å². The Labute approximate surface area is 147 Å². The first-order chi connectivity index (χ1) is 11.6. The second kappa shape index (κ2) is 6.50. The SMILES string of the molecule is O=S(=O)(Nc1ccccc1C1CCNCC1)c1sccc1C1CC1. The summed E-state index contributed by atoms with van der Waals surface area (Å²) in [5.74, 6) is 0.846. The van der Waals surface area contributed by atoms with E-state index in [1.807, 2.05) is 29.6 Å². The van der Waals surface area contributed by atoms with Gasteiger partial charge in [0.05, 0.1) is 5.69 Å². The smallest absolute Gasteiger partial charge is 0.271 e. The summed E-state index contributed by atoms with van der Waals surface area (Å²) in [5, 5.41) is 5.25. The zero-order valence-electron chi connectivity index (χ0n) is 13.5. The minimum Gasteiger partial charge on any atom is -0.317 e. The van der Waals surface area contributed by atoms with Gasteiger partial charge in [-0.25, -0.2) is 8.42 Å². The summed E-state index contributed by atoms with van der Waals surface area (Å²) in [6.45, 7) is 1.98. The largest absolute Gasteiger partial charge is 0.317 e.